The van der Waals surface area contributed by atoms with Crippen molar-refractivity contribution < 1.29 is 23.9 Å². The van der Waals surface area contributed by atoms with Gasteiger partial charge in [0, 0.05) is 18.2 Å². The molecule has 3 heterocycles. The quantitative estimate of drug-likeness (QED) is 0.490. The Bertz CT molecular complexity index is 1420. The van der Waals surface area contributed by atoms with Crippen molar-refractivity contribution in [3.05, 3.63) is 53.6 Å². The van der Waals surface area contributed by atoms with Crippen molar-refractivity contribution in [2.24, 2.45) is 9.98 Å². The predicted molar refractivity (Wildman–Crippen MR) is 156 cm³/mol. The van der Waals surface area contributed by atoms with Gasteiger partial charge in [-0.25, -0.2) is 9.89 Å². The van der Waals surface area contributed by atoms with Gasteiger partial charge in [-0.15, -0.1) is 0 Å². The summed E-state index contributed by atoms with van der Waals surface area (Å²) in [5.74, 6) is 1.16. The second-order valence-electron chi connectivity index (χ2n) is 10.6. The van der Waals surface area contributed by atoms with E-state index < -0.39 is 11.3 Å². The predicted octanol–water partition coefficient (Wildman–Crippen LogP) is 4.04. The summed E-state index contributed by atoms with van der Waals surface area (Å²) in [6.07, 6.45) is 5.97. The molecule has 214 valence electrons. The Morgan fingerprint density at radius 2 is 1.90 bits per heavy atom. The van der Waals surface area contributed by atoms with Gasteiger partial charge in [-0.1, -0.05) is 56.1 Å². The van der Waals surface area contributed by atoms with Crippen LogP contribution in [0.15, 0.2) is 52.4 Å². The molecule has 0 aromatic heterocycles. The second kappa shape index (κ2) is 11.9. The zero-order valence-electron chi connectivity index (χ0n) is 22.9. The number of ether oxygens (including phenoxy) is 2. The van der Waals surface area contributed by atoms with E-state index in [1.54, 1.807) is 0 Å². The minimum Gasteiger partial charge on any atom is -0.454 e. The van der Waals surface area contributed by atoms with Crippen LogP contribution in [0.5, 0.6) is 11.5 Å². The normalized spacial score (nSPS) is 20.1. The number of fused-ring (bicyclic) bond motifs is 4. The lowest BCUT2D eigenvalue weighted by atomic mass is 9.95. The van der Waals surface area contributed by atoms with E-state index in [0.717, 1.165) is 36.8 Å². The Morgan fingerprint density at radius 3 is 2.73 bits per heavy atom. The van der Waals surface area contributed by atoms with E-state index >= 15 is 0 Å². The van der Waals surface area contributed by atoms with Crippen LogP contribution >= 0.6 is 11.8 Å². The van der Waals surface area contributed by atoms with Crippen LogP contribution in [-0.2, 0) is 20.9 Å². The SMILES string of the molecule is CC[C@@H](SC1=Nc2ccccc2C2=N[C@H](CC(=O)NCc3ccc4c(c3)OCO4)C(=O)N12)C(=O)NC1CCCCC1. The third kappa shape index (κ3) is 5.81. The Labute approximate surface area is 243 Å². The minimum absolute atomic E-state index is 0.0319. The largest absolute Gasteiger partial charge is 0.454 e. The maximum absolute atomic E-state index is 13.7. The van der Waals surface area contributed by atoms with E-state index in [4.69, 9.17) is 19.5 Å². The number of hydrogen-bond acceptors (Lipinski definition) is 8. The number of para-hydroxylation sites is 1. The van der Waals surface area contributed by atoms with Crippen molar-refractivity contribution in [2.45, 2.75) is 75.7 Å². The van der Waals surface area contributed by atoms with Crippen LogP contribution < -0.4 is 20.1 Å². The first kappa shape index (κ1) is 27.3. The van der Waals surface area contributed by atoms with Gasteiger partial charge in [-0.2, -0.15) is 0 Å². The lowest BCUT2D eigenvalue weighted by Gasteiger charge is -2.29. The summed E-state index contributed by atoms with van der Waals surface area (Å²) in [6.45, 7) is 2.43. The van der Waals surface area contributed by atoms with Gasteiger partial charge >= 0.3 is 0 Å². The molecule has 0 unspecified atom stereocenters. The molecule has 4 aliphatic rings. The van der Waals surface area contributed by atoms with Gasteiger partial charge < -0.3 is 20.1 Å². The number of thioether (sulfide) groups is 1. The van der Waals surface area contributed by atoms with Crippen molar-refractivity contribution in [3.63, 3.8) is 0 Å². The van der Waals surface area contributed by atoms with Crippen molar-refractivity contribution >= 4 is 46.2 Å². The number of hydrogen-bond donors (Lipinski definition) is 2. The van der Waals surface area contributed by atoms with Crippen LogP contribution in [0.2, 0.25) is 0 Å². The standard InChI is InChI=1S/C30H33N5O5S/c1-2-25(28(37)32-19-8-4-3-5-9-19)41-30-34-21-11-7-6-10-20(21)27-33-22(29(38)35(27)30)15-26(36)31-16-18-12-13-23-24(14-18)40-17-39-23/h6-7,10-14,19,22,25H,2-5,8-9,15-17H2,1H3,(H,31,36)(H,32,37)/t22-,25-/m1/s1. The van der Waals surface area contributed by atoms with E-state index in [-0.39, 0.29) is 43.5 Å². The van der Waals surface area contributed by atoms with Gasteiger partial charge in [0.2, 0.25) is 18.6 Å². The molecule has 6 rings (SSSR count). The average molecular weight is 576 g/mol. The smallest absolute Gasteiger partial charge is 0.259 e. The molecule has 0 radical (unpaired) electrons. The van der Waals surface area contributed by atoms with Crippen molar-refractivity contribution in [1.82, 2.24) is 15.5 Å². The van der Waals surface area contributed by atoms with E-state index in [1.807, 2.05) is 49.4 Å². The van der Waals surface area contributed by atoms with Crippen LogP contribution in [-0.4, -0.2) is 57.8 Å². The molecule has 11 heteroatoms. The summed E-state index contributed by atoms with van der Waals surface area (Å²) < 4.78 is 10.7. The molecule has 1 aliphatic carbocycles. The number of carbonyl (C=O) groups is 3. The van der Waals surface area contributed by atoms with Crippen LogP contribution in [0.25, 0.3) is 0 Å². The first-order valence-electron chi connectivity index (χ1n) is 14.2. The molecule has 0 saturated heterocycles. The molecule has 3 amide bonds. The molecular weight excluding hydrogens is 542 g/mol. The molecule has 1 fully saturated rings. The summed E-state index contributed by atoms with van der Waals surface area (Å²) in [4.78, 5) is 50.7. The summed E-state index contributed by atoms with van der Waals surface area (Å²) in [6, 6.07) is 12.3. The molecule has 3 aliphatic heterocycles. The van der Waals surface area contributed by atoms with Crippen molar-refractivity contribution in [3.8, 4) is 11.5 Å². The zero-order chi connectivity index (χ0) is 28.3. The van der Waals surface area contributed by atoms with Crippen molar-refractivity contribution in [2.75, 3.05) is 6.79 Å². The number of carbonyl (C=O) groups excluding carboxylic acids is 3. The number of rotatable bonds is 8. The maximum Gasteiger partial charge on any atom is 0.259 e. The number of benzene rings is 2. The molecule has 1 saturated carbocycles. The molecule has 2 aromatic rings. The molecule has 0 bridgehead atoms. The number of nitrogens with zero attached hydrogens (tertiary/aromatic N) is 3. The highest BCUT2D eigenvalue weighted by atomic mass is 32.2. The third-order valence-corrected chi connectivity index (χ3v) is 9.03. The summed E-state index contributed by atoms with van der Waals surface area (Å²) in [5.41, 5.74) is 2.28. The lowest BCUT2D eigenvalue weighted by Crippen LogP contribution is -2.45. The number of amidine groups is 2. The van der Waals surface area contributed by atoms with E-state index in [1.165, 1.54) is 23.1 Å². The number of amides is 3. The Morgan fingerprint density at radius 1 is 1.10 bits per heavy atom. The zero-order valence-corrected chi connectivity index (χ0v) is 23.7. The molecular formula is C30H33N5O5S. The van der Waals surface area contributed by atoms with Gasteiger partial charge in [0.1, 0.15) is 11.9 Å². The van der Waals surface area contributed by atoms with Crippen LogP contribution in [0.4, 0.5) is 5.69 Å². The molecule has 2 atom stereocenters. The summed E-state index contributed by atoms with van der Waals surface area (Å²) in [7, 11) is 0. The maximum atomic E-state index is 13.7. The number of nitrogens with one attached hydrogen (secondary N) is 2. The van der Waals surface area contributed by atoms with Gasteiger partial charge in [0.25, 0.3) is 5.91 Å². The average Bonchev–Trinajstić information content (AvgIpc) is 3.59. The lowest BCUT2D eigenvalue weighted by molar-refractivity contribution is -0.128. The van der Waals surface area contributed by atoms with E-state index in [9.17, 15) is 14.4 Å². The van der Waals surface area contributed by atoms with Gasteiger partial charge in [-0.3, -0.25) is 19.4 Å². The van der Waals surface area contributed by atoms with Gasteiger partial charge in [-0.05, 0) is 49.1 Å². The van der Waals surface area contributed by atoms with Gasteiger partial charge in [0.05, 0.1) is 17.4 Å². The fourth-order valence-corrected chi connectivity index (χ4v) is 6.53. The van der Waals surface area contributed by atoms with Gasteiger partial charge in [0.15, 0.2) is 16.7 Å². The molecule has 10 nitrogen and oxygen atoms in total. The highest BCUT2D eigenvalue weighted by Gasteiger charge is 2.43. The van der Waals surface area contributed by atoms with Crippen LogP contribution in [0.1, 0.15) is 63.0 Å². The second-order valence-corrected chi connectivity index (χ2v) is 11.8. The fraction of sp³-hybridized carbons (Fsp3) is 0.433. The first-order chi connectivity index (χ1) is 20.0. The topological polar surface area (TPSA) is 122 Å². The first-order valence-corrected chi connectivity index (χ1v) is 15.1. The summed E-state index contributed by atoms with van der Waals surface area (Å²) >= 11 is 1.28. The molecule has 41 heavy (non-hydrogen) atoms. The molecule has 2 N–H and O–H groups in total. The molecule has 0 spiro atoms. The van der Waals surface area contributed by atoms with Crippen LogP contribution in [0.3, 0.4) is 0 Å². The van der Waals surface area contributed by atoms with Crippen LogP contribution in [0, 0.1) is 0 Å². The molecule has 2 aromatic carbocycles. The summed E-state index contributed by atoms with van der Waals surface area (Å²) in [5, 5.41) is 6.10. The Kier molecular flexibility index (Phi) is 7.95. The highest BCUT2D eigenvalue weighted by molar-refractivity contribution is 8.15. The van der Waals surface area contributed by atoms with Crippen molar-refractivity contribution in [1.29, 1.82) is 0 Å². The third-order valence-electron chi connectivity index (χ3n) is 7.72. The Hall–Kier alpha value is -3.86. The highest BCUT2D eigenvalue weighted by Crippen LogP contribution is 2.36. The van der Waals surface area contributed by atoms with E-state index in [2.05, 4.69) is 10.6 Å². The van der Waals surface area contributed by atoms with E-state index in [0.29, 0.717) is 34.6 Å². The number of aliphatic imine (C=N–C) groups is 2. The fourth-order valence-electron chi connectivity index (χ4n) is 5.50. The Balaban J connectivity index is 1.15. The minimum atomic E-state index is -0.880. The monoisotopic (exact) mass is 575 g/mol.